The van der Waals surface area contributed by atoms with E-state index in [4.69, 9.17) is 23.2 Å². The molecule has 1 aliphatic rings. The standard InChI is InChI=1S/C20H20Cl2FN5O2S2/c1-12-9-28(5-4-24-12)18-6-13(21)2-3-16(18)26-17-8-15(23)19(7-14(17)22)32(29,30)27-20-10-31-11-25-20/h2-3,6-8,10-12,24,26-27H,4-5,9H2,1H3/t12-/m0/s1. The van der Waals surface area contributed by atoms with Crippen molar-refractivity contribution < 1.29 is 12.8 Å². The Morgan fingerprint density at radius 1 is 1.25 bits per heavy atom. The van der Waals surface area contributed by atoms with E-state index in [1.54, 1.807) is 12.1 Å². The van der Waals surface area contributed by atoms with Gasteiger partial charge in [-0.25, -0.2) is 17.8 Å². The molecule has 4 rings (SSSR count). The molecule has 32 heavy (non-hydrogen) atoms. The van der Waals surface area contributed by atoms with Gasteiger partial charge in [0.15, 0.2) is 5.82 Å². The molecule has 12 heteroatoms. The number of benzene rings is 2. The van der Waals surface area contributed by atoms with Crippen LogP contribution >= 0.6 is 34.5 Å². The van der Waals surface area contributed by atoms with Crippen molar-refractivity contribution in [3.8, 4) is 0 Å². The highest BCUT2D eigenvalue weighted by Crippen LogP contribution is 2.36. The van der Waals surface area contributed by atoms with E-state index < -0.39 is 20.7 Å². The molecule has 2 heterocycles. The number of hydrogen-bond acceptors (Lipinski definition) is 7. The Balaban J connectivity index is 1.64. The first-order valence-electron chi connectivity index (χ1n) is 9.68. The van der Waals surface area contributed by atoms with Crippen molar-refractivity contribution in [3.05, 3.63) is 57.1 Å². The van der Waals surface area contributed by atoms with Gasteiger partial charge < -0.3 is 15.5 Å². The smallest absolute Gasteiger partial charge is 0.266 e. The molecule has 1 aliphatic heterocycles. The van der Waals surface area contributed by atoms with Crippen molar-refractivity contribution in [1.82, 2.24) is 10.3 Å². The summed E-state index contributed by atoms with van der Waals surface area (Å²) in [6.45, 7) is 4.47. The maximum absolute atomic E-state index is 14.9. The van der Waals surface area contributed by atoms with Gasteiger partial charge in [0.2, 0.25) is 0 Å². The van der Waals surface area contributed by atoms with E-state index in [-0.39, 0.29) is 16.5 Å². The minimum atomic E-state index is -4.19. The van der Waals surface area contributed by atoms with E-state index in [0.29, 0.717) is 16.8 Å². The Hall–Kier alpha value is -2.11. The average Bonchev–Trinajstić information content (AvgIpc) is 3.24. The summed E-state index contributed by atoms with van der Waals surface area (Å²) in [5.74, 6) is -0.824. The Labute approximate surface area is 199 Å². The first kappa shape index (κ1) is 23.1. The van der Waals surface area contributed by atoms with Crippen LogP contribution in [0.2, 0.25) is 10.0 Å². The molecule has 1 atom stereocenters. The fraction of sp³-hybridized carbons (Fsp3) is 0.250. The van der Waals surface area contributed by atoms with Crippen molar-refractivity contribution in [2.45, 2.75) is 17.9 Å². The summed E-state index contributed by atoms with van der Waals surface area (Å²) in [4.78, 5) is 5.47. The Morgan fingerprint density at radius 2 is 2.06 bits per heavy atom. The lowest BCUT2D eigenvalue weighted by molar-refractivity contribution is 0.485. The molecule has 0 bridgehead atoms. The second-order valence-corrected chi connectivity index (χ2v) is 10.5. The van der Waals surface area contributed by atoms with Crippen molar-refractivity contribution in [1.29, 1.82) is 0 Å². The van der Waals surface area contributed by atoms with Gasteiger partial charge in [0.05, 0.1) is 27.6 Å². The van der Waals surface area contributed by atoms with Gasteiger partial charge in [-0.3, -0.25) is 4.72 Å². The first-order valence-corrected chi connectivity index (χ1v) is 12.9. The van der Waals surface area contributed by atoms with Crippen molar-refractivity contribution in [2.75, 3.05) is 34.6 Å². The predicted octanol–water partition coefficient (Wildman–Crippen LogP) is 4.93. The number of aromatic nitrogens is 1. The van der Waals surface area contributed by atoms with Crippen molar-refractivity contribution in [2.24, 2.45) is 0 Å². The summed E-state index contributed by atoms with van der Waals surface area (Å²) in [7, 11) is -4.19. The van der Waals surface area contributed by atoms with Crippen LogP contribution in [0.4, 0.5) is 27.3 Å². The SMILES string of the molecule is C[C@H]1CN(c2cc(Cl)ccc2Nc2cc(F)c(S(=O)(=O)Nc3cscn3)cc2Cl)CCN1. The van der Waals surface area contributed by atoms with Crippen LogP contribution in [0.5, 0.6) is 0 Å². The zero-order valence-corrected chi connectivity index (χ0v) is 20.0. The zero-order valence-electron chi connectivity index (χ0n) is 16.9. The molecule has 170 valence electrons. The highest BCUT2D eigenvalue weighted by molar-refractivity contribution is 7.92. The van der Waals surface area contributed by atoms with Crippen molar-refractivity contribution >= 4 is 67.4 Å². The molecule has 2 aromatic carbocycles. The van der Waals surface area contributed by atoms with E-state index in [2.05, 4.69) is 32.2 Å². The molecular formula is C20H20Cl2FN5O2S2. The maximum Gasteiger partial charge on any atom is 0.266 e. The van der Waals surface area contributed by atoms with Crippen LogP contribution < -0.4 is 20.3 Å². The van der Waals surface area contributed by atoms with Crippen LogP contribution in [0.25, 0.3) is 0 Å². The fourth-order valence-corrected chi connectivity index (χ4v) is 5.54. The van der Waals surface area contributed by atoms with E-state index in [0.717, 1.165) is 37.5 Å². The summed E-state index contributed by atoms with van der Waals surface area (Å²) in [5, 5.41) is 8.65. The molecule has 1 aromatic heterocycles. The van der Waals surface area contributed by atoms with E-state index in [1.165, 1.54) is 22.2 Å². The lowest BCUT2D eigenvalue weighted by atomic mass is 10.1. The second-order valence-electron chi connectivity index (χ2n) is 7.33. The minimum absolute atomic E-state index is 0.0552. The summed E-state index contributed by atoms with van der Waals surface area (Å²) in [5.41, 5.74) is 3.24. The molecule has 1 saturated heterocycles. The number of rotatable bonds is 6. The highest BCUT2D eigenvalue weighted by atomic mass is 35.5. The molecule has 0 unspecified atom stereocenters. The lowest BCUT2D eigenvalue weighted by Crippen LogP contribution is -2.49. The van der Waals surface area contributed by atoms with Gasteiger partial charge in [0, 0.05) is 42.1 Å². The van der Waals surface area contributed by atoms with Gasteiger partial charge in [-0.15, -0.1) is 11.3 Å². The number of nitrogens with zero attached hydrogens (tertiary/aromatic N) is 2. The minimum Gasteiger partial charge on any atom is -0.367 e. The van der Waals surface area contributed by atoms with Crippen LogP contribution in [-0.4, -0.2) is 39.1 Å². The van der Waals surface area contributed by atoms with Gasteiger partial charge >= 0.3 is 0 Å². The molecule has 3 N–H and O–H groups in total. The van der Waals surface area contributed by atoms with E-state index in [9.17, 15) is 12.8 Å². The third-order valence-electron chi connectivity index (χ3n) is 4.92. The number of piperazine rings is 1. The Bertz CT molecular complexity index is 1220. The predicted molar refractivity (Wildman–Crippen MR) is 129 cm³/mol. The summed E-state index contributed by atoms with van der Waals surface area (Å²) < 4.78 is 42.2. The number of sulfonamides is 1. The highest BCUT2D eigenvalue weighted by Gasteiger charge is 2.24. The zero-order chi connectivity index (χ0) is 22.9. The Kier molecular flexibility index (Phi) is 6.78. The van der Waals surface area contributed by atoms with Crippen LogP contribution in [0, 0.1) is 5.82 Å². The number of anilines is 4. The summed E-state index contributed by atoms with van der Waals surface area (Å²) >= 11 is 13.8. The van der Waals surface area contributed by atoms with E-state index >= 15 is 0 Å². The molecule has 0 aliphatic carbocycles. The number of nitrogens with one attached hydrogen (secondary N) is 3. The van der Waals surface area contributed by atoms with Crippen LogP contribution in [0.1, 0.15) is 6.92 Å². The van der Waals surface area contributed by atoms with Crippen LogP contribution in [-0.2, 0) is 10.0 Å². The molecule has 1 fully saturated rings. The lowest BCUT2D eigenvalue weighted by Gasteiger charge is -2.35. The second kappa shape index (κ2) is 9.40. The topological polar surface area (TPSA) is 86.4 Å². The number of thiazole rings is 1. The summed E-state index contributed by atoms with van der Waals surface area (Å²) in [6, 6.07) is 7.79. The third-order valence-corrected chi connectivity index (χ3v) is 7.42. The fourth-order valence-electron chi connectivity index (χ4n) is 3.45. The maximum atomic E-state index is 14.9. The summed E-state index contributed by atoms with van der Waals surface area (Å²) in [6.07, 6.45) is 0. The molecule has 0 saturated carbocycles. The number of hydrogen-bond donors (Lipinski definition) is 3. The first-order chi connectivity index (χ1) is 15.2. The van der Waals surface area contributed by atoms with Crippen molar-refractivity contribution in [3.63, 3.8) is 0 Å². The molecule has 7 nitrogen and oxygen atoms in total. The molecular weight excluding hydrogens is 496 g/mol. The largest absolute Gasteiger partial charge is 0.367 e. The van der Waals surface area contributed by atoms with Gasteiger partial charge in [0.25, 0.3) is 10.0 Å². The quantitative estimate of drug-likeness (QED) is 0.431. The number of halogens is 3. The Morgan fingerprint density at radius 3 is 2.78 bits per heavy atom. The monoisotopic (exact) mass is 515 g/mol. The third kappa shape index (κ3) is 5.10. The van der Waals surface area contributed by atoms with Gasteiger partial charge in [-0.2, -0.15) is 0 Å². The molecule has 3 aromatic rings. The van der Waals surface area contributed by atoms with Gasteiger partial charge in [0.1, 0.15) is 10.7 Å². The molecule has 0 amide bonds. The van der Waals surface area contributed by atoms with Gasteiger partial charge in [-0.1, -0.05) is 23.2 Å². The normalized spacial score (nSPS) is 16.8. The van der Waals surface area contributed by atoms with Crippen LogP contribution in [0.15, 0.2) is 46.1 Å². The van der Waals surface area contributed by atoms with Gasteiger partial charge in [-0.05, 0) is 31.2 Å². The molecule has 0 radical (unpaired) electrons. The van der Waals surface area contributed by atoms with Crippen LogP contribution in [0.3, 0.4) is 0 Å². The average molecular weight is 516 g/mol. The molecule has 0 spiro atoms. The van der Waals surface area contributed by atoms with E-state index in [1.807, 2.05) is 6.07 Å².